The highest BCUT2D eigenvalue weighted by Gasteiger charge is 2.34. The molecule has 1 heterocycles. The van der Waals surface area contributed by atoms with Crippen molar-refractivity contribution in [3.63, 3.8) is 0 Å². The molecule has 0 N–H and O–H groups in total. The highest BCUT2D eigenvalue weighted by Crippen LogP contribution is 2.29. The fourth-order valence-electron chi connectivity index (χ4n) is 1.91. The molecule has 1 aliphatic heterocycles. The van der Waals surface area contributed by atoms with E-state index < -0.39 is 0 Å². The van der Waals surface area contributed by atoms with Crippen molar-refractivity contribution in [2.45, 2.75) is 26.7 Å². The van der Waals surface area contributed by atoms with Crippen molar-refractivity contribution in [2.24, 2.45) is 5.41 Å². The molecule has 1 aromatic rings. The fourth-order valence-corrected chi connectivity index (χ4v) is 1.91. The second kappa shape index (κ2) is 4.99. The monoisotopic (exact) mass is 245 g/mol. The molecule has 0 spiro atoms. The van der Waals surface area contributed by atoms with Crippen LogP contribution >= 0.6 is 0 Å². The predicted octanol–water partition coefficient (Wildman–Crippen LogP) is 3.10. The largest absolute Gasteiger partial charge is 0.491 e. The molecule has 0 aromatic heterocycles. The standard InChI is InChI=1S/C15H19NO2/c1-11(2)12-4-5-14(13(6-12)7-16)18-10-15(3)8-17-9-15/h4-6,11H,8-10H2,1-3H3. The molecule has 3 heteroatoms. The lowest BCUT2D eigenvalue weighted by molar-refractivity contribution is -0.120. The van der Waals surface area contributed by atoms with Gasteiger partial charge in [0.25, 0.3) is 0 Å². The van der Waals surface area contributed by atoms with Crippen LogP contribution in [-0.2, 0) is 4.74 Å². The van der Waals surface area contributed by atoms with Gasteiger partial charge in [0.15, 0.2) is 0 Å². The van der Waals surface area contributed by atoms with E-state index in [1.54, 1.807) is 0 Å². The van der Waals surface area contributed by atoms with E-state index in [1.807, 2.05) is 18.2 Å². The molecular weight excluding hydrogens is 226 g/mol. The third-order valence-corrected chi connectivity index (χ3v) is 3.27. The van der Waals surface area contributed by atoms with Crippen LogP contribution in [0.4, 0.5) is 0 Å². The van der Waals surface area contributed by atoms with Gasteiger partial charge in [0.05, 0.1) is 25.4 Å². The Labute approximate surface area is 108 Å². The molecule has 1 saturated heterocycles. The smallest absolute Gasteiger partial charge is 0.137 e. The van der Waals surface area contributed by atoms with E-state index in [0.717, 1.165) is 18.8 Å². The first-order chi connectivity index (χ1) is 8.54. The number of benzene rings is 1. The minimum Gasteiger partial charge on any atom is -0.491 e. The SMILES string of the molecule is CC(C)c1ccc(OCC2(C)COC2)c(C#N)c1. The van der Waals surface area contributed by atoms with Crippen molar-refractivity contribution in [3.8, 4) is 11.8 Å². The molecule has 2 rings (SSSR count). The normalized spacial score (nSPS) is 17.1. The molecular formula is C15H19NO2. The lowest BCUT2D eigenvalue weighted by Gasteiger charge is -2.37. The molecule has 0 bridgehead atoms. The maximum Gasteiger partial charge on any atom is 0.137 e. The Balaban J connectivity index is 2.10. The average molecular weight is 245 g/mol. The van der Waals surface area contributed by atoms with Crippen molar-refractivity contribution in [2.75, 3.05) is 19.8 Å². The van der Waals surface area contributed by atoms with Crippen LogP contribution in [-0.4, -0.2) is 19.8 Å². The topological polar surface area (TPSA) is 42.2 Å². The molecule has 0 radical (unpaired) electrons. The summed E-state index contributed by atoms with van der Waals surface area (Å²) >= 11 is 0. The number of nitrogens with zero attached hydrogens (tertiary/aromatic N) is 1. The minimum atomic E-state index is 0.101. The van der Waals surface area contributed by atoms with E-state index in [1.165, 1.54) is 0 Å². The Morgan fingerprint density at radius 2 is 2.17 bits per heavy atom. The van der Waals surface area contributed by atoms with Gasteiger partial charge in [-0.2, -0.15) is 5.26 Å². The summed E-state index contributed by atoms with van der Waals surface area (Å²) in [5.41, 5.74) is 1.88. The molecule has 1 aliphatic rings. The maximum atomic E-state index is 9.17. The van der Waals surface area contributed by atoms with Gasteiger partial charge < -0.3 is 9.47 Å². The lowest BCUT2D eigenvalue weighted by Crippen LogP contribution is -2.44. The van der Waals surface area contributed by atoms with Crippen molar-refractivity contribution < 1.29 is 9.47 Å². The van der Waals surface area contributed by atoms with Crippen molar-refractivity contribution >= 4 is 0 Å². The zero-order valence-corrected chi connectivity index (χ0v) is 11.2. The average Bonchev–Trinajstić information content (AvgIpc) is 2.33. The highest BCUT2D eigenvalue weighted by atomic mass is 16.5. The second-order valence-corrected chi connectivity index (χ2v) is 5.61. The van der Waals surface area contributed by atoms with E-state index in [0.29, 0.717) is 23.8 Å². The summed E-state index contributed by atoms with van der Waals surface area (Å²) in [4.78, 5) is 0. The van der Waals surface area contributed by atoms with Gasteiger partial charge in [-0.05, 0) is 23.6 Å². The summed E-state index contributed by atoms with van der Waals surface area (Å²) in [6.45, 7) is 8.43. The van der Waals surface area contributed by atoms with Gasteiger partial charge in [0.2, 0.25) is 0 Å². The molecule has 96 valence electrons. The summed E-state index contributed by atoms with van der Waals surface area (Å²) in [5.74, 6) is 1.10. The van der Waals surface area contributed by atoms with Crippen molar-refractivity contribution in [1.29, 1.82) is 5.26 Å². The number of hydrogen-bond donors (Lipinski definition) is 0. The first-order valence-electron chi connectivity index (χ1n) is 6.29. The molecule has 3 nitrogen and oxygen atoms in total. The molecule has 0 atom stereocenters. The van der Waals surface area contributed by atoms with Crippen LogP contribution in [0.25, 0.3) is 0 Å². The number of nitriles is 1. The molecule has 0 aliphatic carbocycles. The Morgan fingerprint density at radius 1 is 1.44 bits per heavy atom. The predicted molar refractivity (Wildman–Crippen MR) is 69.7 cm³/mol. The third-order valence-electron chi connectivity index (χ3n) is 3.27. The van der Waals surface area contributed by atoms with Crippen LogP contribution < -0.4 is 4.74 Å². The first kappa shape index (κ1) is 12.9. The van der Waals surface area contributed by atoms with Gasteiger partial charge in [-0.25, -0.2) is 0 Å². The maximum absolute atomic E-state index is 9.17. The number of rotatable bonds is 4. The molecule has 18 heavy (non-hydrogen) atoms. The minimum absolute atomic E-state index is 0.101. The summed E-state index contributed by atoms with van der Waals surface area (Å²) in [7, 11) is 0. The van der Waals surface area contributed by atoms with E-state index in [9.17, 15) is 5.26 Å². The zero-order chi connectivity index (χ0) is 13.2. The number of ether oxygens (including phenoxy) is 2. The molecule has 1 fully saturated rings. The number of hydrogen-bond acceptors (Lipinski definition) is 3. The first-order valence-corrected chi connectivity index (χ1v) is 6.29. The van der Waals surface area contributed by atoms with Crippen LogP contribution in [0.2, 0.25) is 0 Å². The second-order valence-electron chi connectivity index (χ2n) is 5.61. The van der Waals surface area contributed by atoms with Crippen LogP contribution in [0.15, 0.2) is 18.2 Å². The van der Waals surface area contributed by atoms with Crippen LogP contribution in [0.3, 0.4) is 0 Å². The molecule has 0 saturated carbocycles. The van der Waals surface area contributed by atoms with E-state index in [-0.39, 0.29) is 5.41 Å². The zero-order valence-electron chi connectivity index (χ0n) is 11.2. The van der Waals surface area contributed by atoms with Gasteiger partial charge in [0, 0.05) is 5.41 Å². The third kappa shape index (κ3) is 2.65. The van der Waals surface area contributed by atoms with Gasteiger partial charge in [-0.3, -0.25) is 0 Å². The van der Waals surface area contributed by atoms with E-state index >= 15 is 0 Å². The highest BCUT2D eigenvalue weighted by molar-refractivity contribution is 5.46. The van der Waals surface area contributed by atoms with Gasteiger partial charge >= 0.3 is 0 Å². The summed E-state index contributed by atoms with van der Waals surface area (Å²) in [5, 5.41) is 9.17. The van der Waals surface area contributed by atoms with Crippen LogP contribution in [0.1, 0.15) is 37.8 Å². The summed E-state index contributed by atoms with van der Waals surface area (Å²) in [6.07, 6.45) is 0. The van der Waals surface area contributed by atoms with E-state index in [4.69, 9.17) is 9.47 Å². The molecule has 1 aromatic carbocycles. The van der Waals surface area contributed by atoms with Crippen molar-refractivity contribution in [3.05, 3.63) is 29.3 Å². The Kier molecular flexibility index (Phi) is 3.58. The Morgan fingerprint density at radius 3 is 2.67 bits per heavy atom. The Bertz CT molecular complexity index is 470. The summed E-state index contributed by atoms with van der Waals surface area (Å²) in [6, 6.07) is 8.05. The lowest BCUT2D eigenvalue weighted by atomic mass is 9.90. The Hall–Kier alpha value is -1.53. The van der Waals surface area contributed by atoms with Gasteiger partial charge in [-0.15, -0.1) is 0 Å². The van der Waals surface area contributed by atoms with Crippen molar-refractivity contribution in [1.82, 2.24) is 0 Å². The molecule has 0 unspecified atom stereocenters. The van der Waals surface area contributed by atoms with Gasteiger partial charge in [-0.1, -0.05) is 26.8 Å². The molecule has 0 amide bonds. The van der Waals surface area contributed by atoms with Gasteiger partial charge in [0.1, 0.15) is 11.8 Å². The van der Waals surface area contributed by atoms with E-state index in [2.05, 4.69) is 26.8 Å². The fraction of sp³-hybridized carbons (Fsp3) is 0.533. The quantitative estimate of drug-likeness (QED) is 0.818. The van der Waals surface area contributed by atoms with Crippen LogP contribution in [0, 0.1) is 16.7 Å². The van der Waals surface area contributed by atoms with Crippen LogP contribution in [0.5, 0.6) is 5.75 Å². The summed E-state index contributed by atoms with van der Waals surface area (Å²) < 4.78 is 11.0.